The number of nitrogens with zero attached hydrogens (tertiary/aromatic N) is 2. The van der Waals surface area contributed by atoms with Crippen LogP contribution >= 0.6 is 0 Å². The van der Waals surface area contributed by atoms with Crippen molar-refractivity contribution in [2.45, 2.75) is 65.2 Å². The molecule has 0 bridgehead atoms. The lowest BCUT2D eigenvalue weighted by Gasteiger charge is -2.30. The van der Waals surface area contributed by atoms with Gasteiger partial charge in [0.05, 0.1) is 0 Å². The fourth-order valence-corrected chi connectivity index (χ4v) is 7.17. The molecule has 0 unspecified atom stereocenters. The Morgan fingerprint density at radius 3 is 1.00 bits per heavy atom. The fraction of sp³-hybridized carbons (Fsp3) is 0.333. The SMILES string of the molecule is CCCCCCN1C(=O)c2ccc3c4ccc5c6c(ccc(c7ccc(c2c37)C1=O)c64)C(=O)N(CCCCCC)C5=O. The summed E-state index contributed by atoms with van der Waals surface area (Å²) >= 11 is 0. The highest BCUT2D eigenvalue weighted by Crippen LogP contribution is 2.46. The van der Waals surface area contributed by atoms with Gasteiger partial charge in [-0.25, -0.2) is 0 Å². The minimum Gasteiger partial charge on any atom is -0.274 e. The largest absolute Gasteiger partial charge is 0.274 e. The molecule has 4 amide bonds. The van der Waals surface area contributed by atoms with Crippen LogP contribution in [0.5, 0.6) is 0 Å². The molecule has 0 saturated carbocycles. The molecular formula is C36H34N2O4. The van der Waals surface area contributed by atoms with Crippen molar-refractivity contribution in [2.24, 2.45) is 0 Å². The molecule has 0 aliphatic carbocycles. The monoisotopic (exact) mass is 558 g/mol. The number of amides is 4. The van der Waals surface area contributed by atoms with Gasteiger partial charge in [0.15, 0.2) is 0 Å². The summed E-state index contributed by atoms with van der Waals surface area (Å²) in [5, 5.41) is 6.85. The number of benzene rings is 5. The normalized spacial score (nSPS) is 15.0. The van der Waals surface area contributed by atoms with Crippen molar-refractivity contribution in [1.29, 1.82) is 0 Å². The average Bonchev–Trinajstić information content (AvgIpc) is 3.01. The second kappa shape index (κ2) is 10.2. The van der Waals surface area contributed by atoms with Gasteiger partial charge in [-0.3, -0.25) is 29.0 Å². The van der Waals surface area contributed by atoms with Gasteiger partial charge < -0.3 is 0 Å². The molecule has 5 aromatic rings. The molecule has 0 fully saturated rings. The highest BCUT2D eigenvalue weighted by molar-refractivity contribution is 6.41. The predicted molar refractivity (Wildman–Crippen MR) is 167 cm³/mol. The summed E-state index contributed by atoms with van der Waals surface area (Å²) in [5.74, 6) is -0.948. The van der Waals surface area contributed by atoms with Gasteiger partial charge >= 0.3 is 0 Å². The molecule has 7 rings (SSSR count). The van der Waals surface area contributed by atoms with E-state index < -0.39 is 0 Å². The summed E-state index contributed by atoms with van der Waals surface area (Å²) in [4.78, 5) is 57.3. The maximum Gasteiger partial charge on any atom is 0.261 e. The van der Waals surface area contributed by atoms with Gasteiger partial charge in [0.2, 0.25) is 0 Å². The Bertz CT molecular complexity index is 1690. The molecule has 5 aromatic carbocycles. The quantitative estimate of drug-likeness (QED) is 0.0751. The number of imide groups is 2. The van der Waals surface area contributed by atoms with E-state index in [9.17, 15) is 19.2 Å². The average molecular weight is 559 g/mol. The molecule has 6 nitrogen and oxygen atoms in total. The molecule has 2 aliphatic heterocycles. The maximum atomic E-state index is 13.6. The van der Waals surface area contributed by atoms with Gasteiger partial charge in [0.25, 0.3) is 23.6 Å². The van der Waals surface area contributed by atoms with Crippen LogP contribution in [0.15, 0.2) is 48.5 Å². The van der Waals surface area contributed by atoms with E-state index in [4.69, 9.17) is 0 Å². The van der Waals surface area contributed by atoms with E-state index in [2.05, 4.69) is 13.8 Å². The zero-order valence-electron chi connectivity index (χ0n) is 24.2. The van der Waals surface area contributed by atoms with Crippen molar-refractivity contribution >= 4 is 66.7 Å². The Morgan fingerprint density at radius 1 is 0.405 bits per heavy atom. The Morgan fingerprint density at radius 2 is 0.714 bits per heavy atom. The first kappa shape index (κ1) is 26.6. The maximum absolute atomic E-state index is 13.6. The lowest BCUT2D eigenvalue weighted by molar-refractivity contribution is 0.0592. The topological polar surface area (TPSA) is 74.8 Å². The molecule has 2 heterocycles. The van der Waals surface area contributed by atoms with Crippen molar-refractivity contribution in [3.63, 3.8) is 0 Å². The second-order valence-corrected chi connectivity index (χ2v) is 11.8. The van der Waals surface area contributed by atoms with Gasteiger partial charge in [0.1, 0.15) is 0 Å². The van der Waals surface area contributed by atoms with E-state index >= 15 is 0 Å². The third kappa shape index (κ3) is 3.70. The van der Waals surface area contributed by atoms with Crippen LogP contribution in [0.1, 0.15) is 107 Å². The van der Waals surface area contributed by atoms with Crippen LogP contribution in [-0.4, -0.2) is 46.5 Å². The van der Waals surface area contributed by atoms with Crippen molar-refractivity contribution in [3.8, 4) is 0 Å². The third-order valence-corrected chi connectivity index (χ3v) is 9.27. The van der Waals surface area contributed by atoms with Crippen LogP contribution in [0.3, 0.4) is 0 Å². The van der Waals surface area contributed by atoms with E-state index in [1.807, 2.05) is 48.5 Å². The smallest absolute Gasteiger partial charge is 0.261 e. The van der Waals surface area contributed by atoms with Gasteiger partial charge in [-0.1, -0.05) is 76.6 Å². The van der Waals surface area contributed by atoms with E-state index in [1.54, 1.807) is 0 Å². The number of carbonyl (C=O) groups is 4. The molecule has 42 heavy (non-hydrogen) atoms. The van der Waals surface area contributed by atoms with E-state index in [1.165, 1.54) is 9.80 Å². The number of unbranched alkanes of at least 4 members (excludes halogenated alkanes) is 6. The van der Waals surface area contributed by atoms with Crippen molar-refractivity contribution in [3.05, 3.63) is 70.8 Å². The first-order valence-electron chi connectivity index (χ1n) is 15.4. The molecule has 0 aromatic heterocycles. The zero-order chi connectivity index (χ0) is 29.1. The van der Waals surface area contributed by atoms with Crippen LogP contribution in [0.25, 0.3) is 43.1 Å². The van der Waals surface area contributed by atoms with Crippen LogP contribution in [-0.2, 0) is 0 Å². The van der Waals surface area contributed by atoms with Gasteiger partial charge in [-0.2, -0.15) is 0 Å². The van der Waals surface area contributed by atoms with E-state index in [0.29, 0.717) is 46.1 Å². The summed E-state index contributed by atoms with van der Waals surface area (Å²) in [6, 6.07) is 15.2. The minimum atomic E-state index is -0.237. The van der Waals surface area contributed by atoms with Crippen LogP contribution in [0, 0.1) is 0 Å². The molecule has 0 radical (unpaired) electrons. The fourth-order valence-electron chi connectivity index (χ4n) is 7.17. The summed E-state index contributed by atoms with van der Waals surface area (Å²) in [7, 11) is 0. The first-order chi connectivity index (χ1) is 20.5. The molecule has 0 atom stereocenters. The lowest BCUT2D eigenvalue weighted by Crippen LogP contribution is -2.41. The number of hydrogen-bond donors (Lipinski definition) is 0. The van der Waals surface area contributed by atoms with Crippen LogP contribution in [0.4, 0.5) is 0 Å². The summed E-state index contributed by atoms with van der Waals surface area (Å²) < 4.78 is 0. The molecule has 0 saturated heterocycles. The Balaban J connectivity index is 1.40. The second-order valence-electron chi connectivity index (χ2n) is 11.8. The lowest BCUT2D eigenvalue weighted by atomic mass is 9.82. The Kier molecular flexibility index (Phi) is 6.45. The molecule has 2 aliphatic rings. The molecule has 0 N–H and O–H groups in total. The number of carbonyl (C=O) groups excluding carboxylic acids is 4. The summed E-state index contributed by atoms with van der Waals surface area (Å²) in [6.45, 7) is 5.13. The van der Waals surface area contributed by atoms with Gasteiger partial charge in [-0.05, 0) is 69.4 Å². The molecule has 6 heteroatoms. The van der Waals surface area contributed by atoms with E-state index in [0.717, 1.165) is 83.7 Å². The summed E-state index contributed by atoms with van der Waals surface area (Å²) in [6.07, 6.45) is 7.91. The summed E-state index contributed by atoms with van der Waals surface area (Å²) in [5.41, 5.74) is 2.22. The number of rotatable bonds is 10. The van der Waals surface area contributed by atoms with Crippen molar-refractivity contribution < 1.29 is 19.2 Å². The predicted octanol–water partition coefficient (Wildman–Crippen LogP) is 8.09. The third-order valence-electron chi connectivity index (χ3n) is 9.27. The molecular weight excluding hydrogens is 524 g/mol. The Labute approximate surface area is 244 Å². The Hall–Kier alpha value is -4.32. The minimum absolute atomic E-state index is 0.237. The first-order valence-corrected chi connectivity index (χ1v) is 15.4. The van der Waals surface area contributed by atoms with Gasteiger partial charge in [0, 0.05) is 46.1 Å². The highest BCUT2D eigenvalue weighted by atomic mass is 16.2. The van der Waals surface area contributed by atoms with Crippen LogP contribution < -0.4 is 0 Å². The zero-order valence-corrected chi connectivity index (χ0v) is 24.2. The highest BCUT2D eigenvalue weighted by Gasteiger charge is 2.36. The van der Waals surface area contributed by atoms with Crippen LogP contribution in [0.2, 0.25) is 0 Å². The molecule has 0 spiro atoms. The molecule has 212 valence electrons. The van der Waals surface area contributed by atoms with Crippen molar-refractivity contribution in [1.82, 2.24) is 9.80 Å². The van der Waals surface area contributed by atoms with Gasteiger partial charge in [-0.15, -0.1) is 0 Å². The standard InChI is InChI=1S/C36H34N2O4/c1-3-5-7-9-19-37-33(39)25-15-11-21-23-13-17-27-32-28(36(42)38(35(27)41)20-10-8-6-4-2)18-14-24(30(23)32)22-12-16-26(34(37)40)31(25)29(21)22/h11-18H,3-10,19-20H2,1-2H3. The van der Waals surface area contributed by atoms with E-state index in [-0.39, 0.29) is 23.6 Å². The number of fused-ring (bicyclic) bond motifs is 2. The number of hydrogen-bond acceptors (Lipinski definition) is 4. The van der Waals surface area contributed by atoms with Crippen molar-refractivity contribution in [2.75, 3.05) is 13.1 Å².